The van der Waals surface area contributed by atoms with Gasteiger partial charge in [0.05, 0.1) is 10.0 Å². The number of urea groups is 1. The number of primary amides is 1. The Morgan fingerprint density at radius 1 is 0.905 bits per heavy atom. The fraction of sp³-hybridized carbons (Fsp3) is 0. The van der Waals surface area contributed by atoms with Gasteiger partial charge in [-0.3, -0.25) is 4.79 Å². The number of rotatable bonds is 3. The Morgan fingerprint density at radius 2 is 1.57 bits per heavy atom. The Hall–Kier alpha value is -2.24. The van der Waals surface area contributed by atoms with Crippen LogP contribution in [0.5, 0.6) is 0 Å². The number of halogens is 2. The third-order valence-electron chi connectivity index (χ3n) is 2.58. The zero-order valence-electron chi connectivity index (χ0n) is 10.7. The van der Waals surface area contributed by atoms with Crippen LogP contribution in [0.4, 0.5) is 16.2 Å². The van der Waals surface area contributed by atoms with Gasteiger partial charge in [0.25, 0.3) is 0 Å². The first-order chi connectivity index (χ1) is 9.95. The fourth-order valence-corrected chi connectivity index (χ4v) is 1.92. The maximum absolute atomic E-state index is 11.8. The van der Waals surface area contributed by atoms with Crippen molar-refractivity contribution >= 4 is 46.5 Å². The topological polar surface area (TPSA) is 84.2 Å². The number of nitrogens with one attached hydrogen (secondary N) is 2. The van der Waals surface area contributed by atoms with E-state index >= 15 is 0 Å². The molecule has 0 saturated carbocycles. The van der Waals surface area contributed by atoms with Crippen molar-refractivity contribution in [1.29, 1.82) is 0 Å². The summed E-state index contributed by atoms with van der Waals surface area (Å²) in [7, 11) is 0. The minimum absolute atomic E-state index is 0.308. The highest BCUT2D eigenvalue weighted by molar-refractivity contribution is 6.42. The van der Waals surface area contributed by atoms with Gasteiger partial charge in [0.1, 0.15) is 0 Å². The van der Waals surface area contributed by atoms with Crippen molar-refractivity contribution in [3.8, 4) is 0 Å². The molecule has 0 atom stereocenters. The van der Waals surface area contributed by atoms with Crippen molar-refractivity contribution in [2.75, 3.05) is 10.6 Å². The average Bonchev–Trinajstić information content (AvgIpc) is 2.43. The van der Waals surface area contributed by atoms with Crippen molar-refractivity contribution in [2.45, 2.75) is 0 Å². The third kappa shape index (κ3) is 4.11. The van der Waals surface area contributed by atoms with E-state index in [-0.39, 0.29) is 0 Å². The van der Waals surface area contributed by atoms with Gasteiger partial charge in [0.2, 0.25) is 5.91 Å². The maximum Gasteiger partial charge on any atom is 0.323 e. The lowest BCUT2D eigenvalue weighted by atomic mass is 10.2. The molecule has 0 saturated heterocycles. The summed E-state index contributed by atoms with van der Waals surface area (Å²) in [5, 5.41) is 5.92. The van der Waals surface area contributed by atoms with Crippen molar-refractivity contribution in [3.63, 3.8) is 0 Å². The van der Waals surface area contributed by atoms with Crippen LogP contribution in [0.25, 0.3) is 0 Å². The molecule has 108 valence electrons. The van der Waals surface area contributed by atoms with Crippen LogP contribution >= 0.6 is 23.2 Å². The largest absolute Gasteiger partial charge is 0.366 e. The van der Waals surface area contributed by atoms with Crippen molar-refractivity contribution in [1.82, 2.24) is 0 Å². The van der Waals surface area contributed by atoms with E-state index in [9.17, 15) is 9.59 Å². The molecule has 3 amide bonds. The quantitative estimate of drug-likeness (QED) is 0.803. The molecular weight excluding hydrogens is 313 g/mol. The zero-order valence-corrected chi connectivity index (χ0v) is 12.2. The Balaban J connectivity index is 2.06. The molecule has 0 unspecified atom stereocenters. The van der Waals surface area contributed by atoms with Crippen LogP contribution < -0.4 is 16.4 Å². The van der Waals surface area contributed by atoms with Gasteiger partial charge < -0.3 is 16.4 Å². The van der Waals surface area contributed by atoms with Crippen LogP contribution in [-0.4, -0.2) is 11.9 Å². The first-order valence-corrected chi connectivity index (χ1v) is 6.64. The smallest absolute Gasteiger partial charge is 0.323 e. The highest BCUT2D eigenvalue weighted by Crippen LogP contribution is 2.25. The molecule has 0 aromatic heterocycles. The fourth-order valence-electron chi connectivity index (χ4n) is 1.62. The van der Waals surface area contributed by atoms with Gasteiger partial charge in [-0.15, -0.1) is 0 Å². The van der Waals surface area contributed by atoms with Crippen LogP contribution in [0.15, 0.2) is 42.5 Å². The van der Waals surface area contributed by atoms with Gasteiger partial charge in [-0.05, 0) is 36.4 Å². The van der Waals surface area contributed by atoms with Gasteiger partial charge in [0.15, 0.2) is 0 Å². The number of carbonyl (C=O) groups excluding carboxylic acids is 2. The second-order valence-electron chi connectivity index (χ2n) is 4.15. The van der Waals surface area contributed by atoms with Crippen molar-refractivity contribution in [3.05, 3.63) is 58.1 Å². The molecule has 0 aliphatic heterocycles. The minimum atomic E-state index is -0.566. The molecule has 5 nitrogen and oxygen atoms in total. The number of carbonyl (C=O) groups is 2. The molecule has 4 N–H and O–H groups in total. The molecule has 0 aliphatic carbocycles. The lowest BCUT2D eigenvalue weighted by Gasteiger charge is -2.09. The summed E-state index contributed by atoms with van der Waals surface area (Å²) >= 11 is 11.6. The summed E-state index contributed by atoms with van der Waals surface area (Å²) in [4.78, 5) is 22.9. The molecule has 7 heteroatoms. The van der Waals surface area contributed by atoms with Crippen LogP contribution in [0.1, 0.15) is 10.4 Å². The van der Waals surface area contributed by atoms with E-state index in [0.29, 0.717) is 27.0 Å². The molecule has 0 heterocycles. The lowest BCUT2D eigenvalue weighted by molar-refractivity contribution is 0.100. The van der Waals surface area contributed by atoms with Gasteiger partial charge >= 0.3 is 6.03 Å². The lowest BCUT2D eigenvalue weighted by Crippen LogP contribution is -2.20. The summed E-state index contributed by atoms with van der Waals surface area (Å²) < 4.78 is 0. The Bertz CT molecular complexity index is 704. The summed E-state index contributed by atoms with van der Waals surface area (Å²) in [6, 6.07) is 10.6. The van der Waals surface area contributed by atoms with Gasteiger partial charge in [-0.1, -0.05) is 29.3 Å². The molecule has 0 fully saturated rings. The summed E-state index contributed by atoms with van der Waals surface area (Å²) in [6.07, 6.45) is 0. The van der Waals surface area contributed by atoms with Crippen LogP contribution in [0.2, 0.25) is 10.0 Å². The first kappa shape index (κ1) is 15.2. The summed E-state index contributed by atoms with van der Waals surface area (Å²) in [5.41, 5.74) is 6.42. The predicted molar refractivity (Wildman–Crippen MR) is 84.1 cm³/mol. The zero-order chi connectivity index (χ0) is 15.4. The molecule has 0 bridgehead atoms. The van der Waals surface area contributed by atoms with E-state index in [0.717, 1.165) is 0 Å². The van der Waals surface area contributed by atoms with Crippen molar-refractivity contribution < 1.29 is 9.59 Å². The number of amides is 3. The average molecular weight is 324 g/mol. The normalized spacial score (nSPS) is 10.0. The Kier molecular flexibility index (Phi) is 4.67. The SMILES string of the molecule is NC(=O)c1cccc(NC(=O)Nc2ccc(Cl)c(Cl)c2)c1. The predicted octanol–water partition coefficient (Wildman–Crippen LogP) is 3.74. The van der Waals surface area contributed by atoms with Crippen LogP contribution in [0.3, 0.4) is 0 Å². The highest BCUT2D eigenvalue weighted by Gasteiger charge is 2.06. The molecule has 0 aliphatic rings. The van der Waals surface area contributed by atoms with E-state index in [4.69, 9.17) is 28.9 Å². The molecule has 2 rings (SSSR count). The van der Waals surface area contributed by atoms with E-state index in [1.54, 1.807) is 30.3 Å². The standard InChI is InChI=1S/C14H11Cl2N3O2/c15-11-5-4-10(7-12(11)16)19-14(21)18-9-3-1-2-8(6-9)13(17)20/h1-7H,(H2,17,20)(H2,18,19,21). The second-order valence-corrected chi connectivity index (χ2v) is 4.97. The van der Waals surface area contributed by atoms with E-state index in [1.165, 1.54) is 12.1 Å². The van der Waals surface area contributed by atoms with Gasteiger partial charge in [0, 0.05) is 16.9 Å². The second kappa shape index (κ2) is 6.47. The third-order valence-corrected chi connectivity index (χ3v) is 3.32. The number of anilines is 2. The summed E-state index contributed by atoms with van der Waals surface area (Å²) in [5.74, 6) is -0.566. The molecule has 21 heavy (non-hydrogen) atoms. The molecule has 0 radical (unpaired) electrons. The molecule has 0 spiro atoms. The van der Waals surface area contributed by atoms with Crippen LogP contribution in [0, 0.1) is 0 Å². The van der Waals surface area contributed by atoms with Gasteiger partial charge in [-0.2, -0.15) is 0 Å². The van der Waals surface area contributed by atoms with Gasteiger partial charge in [-0.25, -0.2) is 4.79 Å². The molecule has 2 aromatic carbocycles. The maximum atomic E-state index is 11.8. The number of hydrogen-bond acceptors (Lipinski definition) is 2. The highest BCUT2D eigenvalue weighted by atomic mass is 35.5. The van der Waals surface area contributed by atoms with Crippen molar-refractivity contribution in [2.24, 2.45) is 5.73 Å². The number of hydrogen-bond donors (Lipinski definition) is 3. The Morgan fingerprint density at radius 3 is 2.19 bits per heavy atom. The Labute approximate surface area is 131 Å². The molecular formula is C14H11Cl2N3O2. The van der Waals surface area contributed by atoms with E-state index in [2.05, 4.69) is 10.6 Å². The molecule has 2 aromatic rings. The number of benzene rings is 2. The number of nitrogens with two attached hydrogens (primary N) is 1. The minimum Gasteiger partial charge on any atom is -0.366 e. The van der Waals surface area contributed by atoms with E-state index < -0.39 is 11.9 Å². The first-order valence-electron chi connectivity index (χ1n) is 5.88. The summed E-state index contributed by atoms with van der Waals surface area (Å²) in [6.45, 7) is 0. The van der Waals surface area contributed by atoms with Crippen LogP contribution in [-0.2, 0) is 0 Å². The monoisotopic (exact) mass is 323 g/mol. The van der Waals surface area contributed by atoms with E-state index in [1.807, 2.05) is 0 Å².